The maximum absolute atomic E-state index is 13.1. The topological polar surface area (TPSA) is 76.1 Å². The predicted octanol–water partition coefficient (Wildman–Crippen LogP) is 4.64. The molecule has 0 aliphatic rings. The Balaban J connectivity index is 1.63. The third-order valence-electron chi connectivity index (χ3n) is 4.86. The zero-order chi connectivity index (χ0) is 22.0. The van der Waals surface area contributed by atoms with E-state index < -0.39 is 0 Å². The van der Waals surface area contributed by atoms with Crippen molar-refractivity contribution in [2.75, 3.05) is 7.11 Å². The maximum atomic E-state index is 13.1. The lowest BCUT2D eigenvalue weighted by molar-refractivity contribution is 0.0951. The molecule has 4 aromatic rings. The van der Waals surface area contributed by atoms with Crippen molar-refractivity contribution in [1.82, 2.24) is 14.9 Å². The van der Waals surface area contributed by atoms with E-state index in [9.17, 15) is 9.59 Å². The zero-order valence-corrected chi connectivity index (χ0v) is 18.1. The van der Waals surface area contributed by atoms with Gasteiger partial charge in [0.2, 0.25) is 0 Å². The number of benzene rings is 3. The second kappa shape index (κ2) is 8.75. The molecule has 8 heteroatoms. The fraction of sp³-hybridized carbons (Fsp3) is 0.0870. The maximum Gasteiger partial charge on any atom is 0.266 e. The highest BCUT2D eigenvalue weighted by Gasteiger charge is 2.11. The molecular weight excluding hydrogens is 434 g/mol. The molecule has 1 amide bonds. The van der Waals surface area contributed by atoms with Crippen molar-refractivity contribution in [3.63, 3.8) is 0 Å². The Morgan fingerprint density at radius 1 is 1.10 bits per heavy atom. The van der Waals surface area contributed by atoms with E-state index in [2.05, 4.69) is 10.3 Å². The van der Waals surface area contributed by atoms with Crippen LogP contribution in [0.1, 0.15) is 15.9 Å². The number of H-pyrrole nitrogens is 1. The van der Waals surface area contributed by atoms with Gasteiger partial charge in [0.25, 0.3) is 11.5 Å². The van der Waals surface area contributed by atoms with Gasteiger partial charge in [0.05, 0.1) is 23.7 Å². The Hall–Kier alpha value is -3.42. The number of methoxy groups -OCH3 is 1. The molecule has 0 spiro atoms. The van der Waals surface area contributed by atoms with Crippen LogP contribution in [-0.2, 0) is 6.54 Å². The molecule has 0 atom stereocenters. The van der Waals surface area contributed by atoms with Crippen LogP contribution in [0.4, 0.5) is 0 Å². The van der Waals surface area contributed by atoms with E-state index in [4.69, 9.17) is 28.6 Å². The number of ether oxygens (including phenoxy) is 1. The fourth-order valence-electron chi connectivity index (χ4n) is 3.21. The smallest absolute Gasteiger partial charge is 0.266 e. The molecule has 1 heterocycles. The molecule has 0 fully saturated rings. The van der Waals surface area contributed by atoms with Crippen LogP contribution in [0.2, 0.25) is 5.02 Å². The highest BCUT2D eigenvalue weighted by molar-refractivity contribution is 7.71. The van der Waals surface area contributed by atoms with Crippen LogP contribution in [0.3, 0.4) is 0 Å². The molecule has 2 N–H and O–H groups in total. The van der Waals surface area contributed by atoms with Crippen molar-refractivity contribution in [1.29, 1.82) is 0 Å². The summed E-state index contributed by atoms with van der Waals surface area (Å²) in [6.07, 6.45) is 0. The summed E-state index contributed by atoms with van der Waals surface area (Å²) in [7, 11) is 1.58. The molecule has 31 heavy (non-hydrogen) atoms. The van der Waals surface area contributed by atoms with Crippen molar-refractivity contribution in [2.45, 2.75) is 6.54 Å². The Morgan fingerprint density at radius 2 is 1.81 bits per heavy atom. The van der Waals surface area contributed by atoms with E-state index in [0.29, 0.717) is 39.5 Å². The first-order valence-corrected chi connectivity index (χ1v) is 10.2. The number of rotatable bonds is 5. The van der Waals surface area contributed by atoms with Crippen molar-refractivity contribution in [3.8, 4) is 11.4 Å². The molecular formula is C23H18ClN3O3S. The van der Waals surface area contributed by atoms with Gasteiger partial charge in [0.1, 0.15) is 5.75 Å². The predicted molar refractivity (Wildman–Crippen MR) is 124 cm³/mol. The van der Waals surface area contributed by atoms with Crippen LogP contribution in [-0.4, -0.2) is 22.6 Å². The monoisotopic (exact) mass is 451 g/mol. The average Bonchev–Trinajstić information content (AvgIpc) is 2.78. The highest BCUT2D eigenvalue weighted by Crippen LogP contribution is 2.17. The first kappa shape index (κ1) is 20.8. The van der Waals surface area contributed by atoms with Gasteiger partial charge < -0.3 is 15.0 Å². The van der Waals surface area contributed by atoms with Crippen LogP contribution in [0.15, 0.2) is 71.5 Å². The number of hydrogen-bond donors (Lipinski definition) is 2. The number of fused-ring (bicyclic) bond motifs is 1. The van der Waals surface area contributed by atoms with Gasteiger partial charge in [-0.1, -0.05) is 23.7 Å². The molecule has 1 aromatic heterocycles. The van der Waals surface area contributed by atoms with Crippen LogP contribution < -0.4 is 15.6 Å². The van der Waals surface area contributed by atoms with Gasteiger partial charge in [-0.3, -0.25) is 14.2 Å². The summed E-state index contributed by atoms with van der Waals surface area (Å²) in [5.41, 5.74) is 2.21. The molecule has 6 nitrogen and oxygen atoms in total. The van der Waals surface area contributed by atoms with Gasteiger partial charge in [-0.05, 0) is 72.4 Å². The number of halogens is 1. The Labute approximate surface area is 188 Å². The van der Waals surface area contributed by atoms with Crippen LogP contribution in [0.25, 0.3) is 16.6 Å². The van der Waals surface area contributed by atoms with Crippen LogP contribution in [0, 0.1) is 4.77 Å². The molecule has 0 radical (unpaired) electrons. The van der Waals surface area contributed by atoms with Gasteiger partial charge >= 0.3 is 0 Å². The molecule has 3 aromatic carbocycles. The lowest BCUT2D eigenvalue weighted by Gasteiger charge is -2.10. The SMILES string of the molecule is COc1ccc(-n2c(=S)[nH]c3cc(C(=O)NCc4ccc(Cl)cc4)ccc3c2=O)cc1. The largest absolute Gasteiger partial charge is 0.497 e. The molecule has 0 bridgehead atoms. The minimum Gasteiger partial charge on any atom is -0.497 e. The minimum atomic E-state index is -0.267. The van der Waals surface area contributed by atoms with Gasteiger partial charge in [-0.25, -0.2) is 0 Å². The van der Waals surface area contributed by atoms with Crippen molar-refractivity contribution in [3.05, 3.63) is 98.0 Å². The number of aromatic nitrogens is 2. The summed E-state index contributed by atoms with van der Waals surface area (Å²) in [5.74, 6) is 0.428. The van der Waals surface area contributed by atoms with Crippen LogP contribution >= 0.6 is 23.8 Å². The fourth-order valence-corrected chi connectivity index (χ4v) is 3.64. The zero-order valence-electron chi connectivity index (χ0n) is 16.5. The molecule has 0 saturated carbocycles. The van der Waals surface area contributed by atoms with E-state index in [1.54, 1.807) is 61.7 Å². The van der Waals surface area contributed by atoms with Gasteiger partial charge in [-0.15, -0.1) is 0 Å². The lowest BCUT2D eigenvalue weighted by Crippen LogP contribution is -2.24. The third kappa shape index (κ3) is 4.38. The highest BCUT2D eigenvalue weighted by atomic mass is 35.5. The summed E-state index contributed by atoms with van der Waals surface area (Å²) < 4.78 is 6.81. The van der Waals surface area contributed by atoms with E-state index in [-0.39, 0.29) is 16.2 Å². The first-order chi connectivity index (χ1) is 15.0. The summed E-state index contributed by atoms with van der Waals surface area (Å²) in [6.45, 7) is 0.364. The van der Waals surface area contributed by atoms with Crippen molar-refractivity contribution >= 4 is 40.6 Å². The van der Waals surface area contributed by atoms with Crippen molar-refractivity contribution in [2.24, 2.45) is 0 Å². The number of amides is 1. The summed E-state index contributed by atoms with van der Waals surface area (Å²) in [4.78, 5) is 28.7. The minimum absolute atomic E-state index is 0.237. The van der Waals surface area contributed by atoms with Crippen LogP contribution in [0.5, 0.6) is 5.75 Å². The molecule has 0 aliphatic carbocycles. The lowest BCUT2D eigenvalue weighted by atomic mass is 10.1. The quantitative estimate of drug-likeness (QED) is 0.433. The Morgan fingerprint density at radius 3 is 2.48 bits per heavy atom. The number of aromatic amines is 1. The summed E-state index contributed by atoms with van der Waals surface area (Å²) in [6, 6.07) is 19.1. The standard InChI is InChI=1S/C23H18ClN3O3S/c1-30-18-9-7-17(8-10-18)27-22(29)19-11-4-15(12-20(19)26-23(27)31)21(28)25-13-14-2-5-16(24)6-3-14/h2-12H,13H2,1H3,(H,25,28)(H,26,31). The molecule has 4 rings (SSSR count). The number of hydrogen-bond acceptors (Lipinski definition) is 4. The summed E-state index contributed by atoms with van der Waals surface area (Å²) >= 11 is 11.3. The van der Waals surface area contributed by atoms with Crippen molar-refractivity contribution < 1.29 is 9.53 Å². The molecule has 0 unspecified atom stereocenters. The van der Waals surface area contributed by atoms with E-state index in [1.165, 1.54) is 4.57 Å². The van der Waals surface area contributed by atoms with E-state index >= 15 is 0 Å². The number of carbonyl (C=O) groups excluding carboxylic acids is 1. The number of carbonyl (C=O) groups is 1. The Kier molecular flexibility index (Phi) is 5.88. The third-order valence-corrected chi connectivity index (χ3v) is 5.39. The average molecular weight is 452 g/mol. The molecule has 0 aliphatic heterocycles. The molecule has 156 valence electrons. The number of nitrogens with one attached hydrogen (secondary N) is 2. The second-order valence-electron chi connectivity index (χ2n) is 6.84. The van der Waals surface area contributed by atoms with E-state index in [1.807, 2.05) is 12.1 Å². The molecule has 0 saturated heterocycles. The van der Waals surface area contributed by atoms with E-state index in [0.717, 1.165) is 5.56 Å². The van der Waals surface area contributed by atoms with Gasteiger partial charge in [0, 0.05) is 17.1 Å². The number of nitrogens with zero attached hydrogens (tertiary/aromatic N) is 1. The summed E-state index contributed by atoms with van der Waals surface area (Å²) in [5, 5.41) is 3.93. The Bertz CT molecular complexity index is 1380. The normalized spacial score (nSPS) is 10.8. The van der Waals surface area contributed by atoms with Gasteiger partial charge in [-0.2, -0.15) is 0 Å². The second-order valence-corrected chi connectivity index (χ2v) is 7.66. The van der Waals surface area contributed by atoms with Gasteiger partial charge in [0.15, 0.2) is 4.77 Å². The first-order valence-electron chi connectivity index (χ1n) is 9.42.